The van der Waals surface area contributed by atoms with Crippen LogP contribution in [0.1, 0.15) is 29.8 Å². The molecule has 0 radical (unpaired) electrons. The summed E-state index contributed by atoms with van der Waals surface area (Å²) >= 11 is 1.31. The molecule has 0 aromatic heterocycles. The average molecular weight is 387 g/mol. The molecule has 1 aliphatic rings. The summed E-state index contributed by atoms with van der Waals surface area (Å²) in [7, 11) is 0. The third-order valence-electron chi connectivity index (χ3n) is 3.72. The van der Waals surface area contributed by atoms with Crippen molar-refractivity contribution >= 4 is 23.6 Å². The first kappa shape index (κ1) is 19.1. The van der Waals surface area contributed by atoms with Crippen LogP contribution in [-0.2, 0) is 16.1 Å². The zero-order valence-corrected chi connectivity index (χ0v) is 16.0. The van der Waals surface area contributed by atoms with Gasteiger partial charge in [0.05, 0.1) is 11.3 Å². The Hall–Kier alpha value is -2.67. The smallest absolute Gasteiger partial charge is 0.339 e. The minimum Gasteiger partial charge on any atom is -0.457 e. The van der Waals surface area contributed by atoms with Crippen LogP contribution in [0.25, 0.3) is 0 Å². The van der Waals surface area contributed by atoms with E-state index in [0.29, 0.717) is 22.0 Å². The molecular weight excluding hydrogens is 366 g/mol. The Balaban J connectivity index is 1.60. The molecule has 7 heteroatoms. The minimum absolute atomic E-state index is 0.0708. The molecule has 1 heterocycles. The third-order valence-corrected chi connectivity index (χ3v) is 4.80. The first-order chi connectivity index (χ1) is 13.0. The summed E-state index contributed by atoms with van der Waals surface area (Å²) < 4.78 is 16.0. The Kier molecular flexibility index (Phi) is 6.24. The number of fused-ring (bicyclic) bond motifs is 1. The number of rotatable bonds is 7. The van der Waals surface area contributed by atoms with Crippen LogP contribution >= 0.6 is 11.8 Å². The molecule has 0 saturated heterocycles. The Morgan fingerprint density at radius 3 is 2.74 bits per heavy atom. The summed E-state index contributed by atoms with van der Waals surface area (Å²) in [6.45, 7) is 4.14. The standard InChI is InChI=1S/C20H21NO5S/c1-13(2)21-19(22)11-27-18-6-4-3-5-15(18)20(23)24-10-14-7-8-16-17(9-14)26-12-25-16/h3-9,13H,10-12H2,1-2H3,(H,21,22). The van der Waals surface area contributed by atoms with Crippen molar-refractivity contribution in [2.75, 3.05) is 12.5 Å². The summed E-state index contributed by atoms with van der Waals surface area (Å²) in [4.78, 5) is 25.1. The molecule has 142 valence electrons. The predicted octanol–water partition coefficient (Wildman–Crippen LogP) is 3.39. The molecule has 1 N–H and O–H groups in total. The molecule has 0 unspecified atom stereocenters. The molecule has 0 aliphatic carbocycles. The van der Waals surface area contributed by atoms with Crippen LogP contribution in [-0.4, -0.2) is 30.5 Å². The van der Waals surface area contributed by atoms with Gasteiger partial charge in [-0.05, 0) is 43.7 Å². The predicted molar refractivity (Wildman–Crippen MR) is 102 cm³/mol. The summed E-state index contributed by atoms with van der Waals surface area (Å²) in [6.07, 6.45) is 0. The molecule has 2 aromatic rings. The van der Waals surface area contributed by atoms with Gasteiger partial charge < -0.3 is 19.5 Å². The van der Waals surface area contributed by atoms with Crippen molar-refractivity contribution in [1.29, 1.82) is 0 Å². The van der Waals surface area contributed by atoms with Crippen LogP contribution < -0.4 is 14.8 Å². The molecule has 6 nitrogen and oxygen atoms in total. The monoisotopic (exact) mass is 387 g/mol. The fourth-order valence-corrected chi connectivity index (χ4v) is 3.38. The molecule has 0 fully saturated rings. The van der Waals surface area contributed by atoms with E-state index in [-0.39, 0.29) is 31.1 Å². The van der Waals surface area contributed by atoms with Crippen LogP contribution in [0.5, 0.6) is 11.5 Å². The van der Waals surface area contributed by atoms with E-state index in [4.69, 9.17) is 14.2 Å². The maximum Gasteiger partial charge on any atom is 0.339 e. The van der Waals surface area contributed by atoms with Crippen molar-refractivity contribution in [2.24, 2.45) is 0 Å². The molecule has 0 saturated carbocycles. The van der Waals surface area contributed by atoms with Gasteiger partial charge in [0.15, 0.2) is 11.5 Å². The van der Waals surface area contributed by atoms with Crippen molar-refractivity contribution in [1.82, 2.24) is 5.32 Å². The number of carbonyl (C=O) groups is 2. The van der Waals surface area contributed by atoms with Crippen molar-refractivity contribution in [3.05, 3.63) is 53.6 Å². The SMILES string of the molecule is CC(C)NC(=O)CSc1ccccc1C(=O)OCc1ccc2c(c1)OCO2. The molecule has 2 aromatic carbocycles. The van der Waals surface area contributed by atoms with Crippen molar-refractivity contribution in [2.45, 2.75) is 31.4 Å². The average Bonchev–Trinajstić information content (AvgIpc) is 3.12. The highest BCUT2D eigenvalue weighted by atomic mass is 32.2. The van der Waals surface area contributed by atoms with E-state index in [0.717, 1.165) is 5.56 Å². The molecule has 1 aliphatic heterocycles. The number of carbonyl (C=O) groups excluding carboxylic acids is 2. The lowest BCUT2D eigenvalue weighted by Crippen LogP contribution is -2.31. The van der Waals surface area contributed by atoms with Gasteiger partial charge in [-0.2, -0.15) is 0 Å². The lowest BCUT2D eigenvalue weighted by Gasteiger charge is -2.11. The van der Waals surface area contributed by atoms with Gasteiger partial charge in [0.25, 0.3) is 0 Å². The van der Waals surface area contributed by atoms with Gasteiger partial charge in [-0.3, -0.25) is 4.79 Å². The number of thioether (sulfide) groups is 1. The lowest BCUT2D eigenvalue weighted by molar-refractivity contribution is -0.119. The van der Waals surface area contributed by atoms with Gasteiger partial charge >= 0.3 is 5.97 Å². The zero-order valence-electron chi connectivity index (χ0n) is 15.2. The van der Waals surface area contributed by atoms with Crippen molar-refractivity contribution in [3.8, 4) is 11.5 Å². The van der Waals surface area contributed by atoms with Crippen LogP contribution in [0.15, 0.2) is 47.4 Å². The van der Waals surface area contributed by atoms with Crippen LogP contribution in [0.2, 0.25) is 0 Å². The maximum atomic E-state index is 12.5. The number of esters is 1. The number of hydrogen-bond donors (Lipinski definition) is 1. The summed E-state index contributed by atoms with van der Waals surface area (Å²) in [5.74, 6) is 1.07. The number of nitrogens with one attached hydrogen (secondary N) is 1. The van der Waals surface area contributed by atoms with Gasteiger partial charge in [0.1, 0.15) is 6.61 Å². The quantitative estimate of drug-likeness (QED) is 0.580. The second-order valence-electron chi connectivity index (χ2n) is 6.27. The van der Waals surface area contributed by atoms with E-state index in [1.54, 1.807) is 24.3 Å². The van der Waals surface area contributed by atoms with E-state index in [9.17, 15) is 9.59 Å². The van der Waals surface area contributed by atoms with E-state index in [2.05, 4.69) is 5.32 Å². The molecule has 0 bridgehead atoms. The maximum absolute atomic E-state index is 12.5. The van der Waals surface area contributed by atoms with Crippen LogP contribution in [0, 0.1) is 0 Å². The van der Waals surface area contributed by atoms with E-state index in [1.165, 1.54) is 11.8 Å². The second-order valence-corrected chi connectivity index (χ2v) is 7.29. The number of hydrogen-bond acceptors (Lipinski definition) is 6. The van der Waals surface area contributed by atoms with Crippen LogP contribution in [0.4, 0.5) is 0 Å². The minimum atomic E-state index is -0.431. The number of benzene rings is 2. The van der Waals surface area contributed by atoms with Gasteiger partial charge in [0.2, 0.25) is 12.7 Å². The molecule has 1 amide bonds. The molecule has 0 atom stereocenters. The number of amides is 1. The summed E-state index contributed by atoms with van der Waals surface area (Å²) in [5, 5.41) is 2.83. The van der Waals surface area contributed by atoms with Crippen molar-refractivity contribution in [3.63, 3.8) is 0 Å². The Bertz CT molecular complexity index is 837. The normalized spacial score (nSPS) is 12.1. The lowest BCUT2D eigenvalue weighted by atomic mass is 10.2. The highest BCUT2D eigenvalue weighted by molar-refractivity contribution is 8.00. The Morgan fingerprint density at radius 2 is 1.93 bits per heavy atom. The van der Waals surface area contributed by atoms with Crippen molar-refractivity contribution < 1.29 is 23.8 Å². The first-order valence-corrected chi connectivity index (χ1v) is 9.58. The highest BCUT2D eigenvalue weighted by Crippen LogP contribution is 2.32. The Labute approximate surface area is 162 Å². The first-order valence-electron chi connectivity index (χ1n) is 8.60. The zero-order chi connectivity index (χ0) is 19.2. The fraction of sp³-hybridized carbons (Fsp3) is 0.300. The Morgan fingerprint density at radius 1 is 1.15 bits per heavy atom. The fourth-order valence-electron chi connectivity index (χ4n) is 2.53. The van der Waals surface area contributed by atoms with Gasteiger partial charge in [-0.1, -0.05) is 18.2 Å². The van der Waals surface area contributed by atoms with Gasteiger partial charge in [0, 0.05) is 10.9 Å². The molecular formula is C20H21NO5S. The number of ether oxygens (including phenoxy) is 3. The second kappa shape index (κ2) is 8.81. The topological polar surface area (TPSA) is 73.9 Å². The summed E-state index contributed by atoms with van der Waals surface area (Å²) in [5.41, 5.74) is 1.26. The third kappa shape index (κ3) is 5.17. The molecule has 0 spiro atoms. The van der Waals surface area contributed by atoms with Gasteiger partial charge in [-0.15, -0.1) is 11.8 Å². The van der Waals surface area contributed by atoms with Gasteiger partial charge in [-0.25, -0.2) is 4.79 Å². The highest BCUT2D eigenvalue weighted by Gasteiger charge is 2.16. The van der Waals surface area contributed by atoms with E-state index in [1.807, 2.05) is 32.0 Å². The largest absolute Gasteiger partial charge is 0.457 e. The van der Waals surface area contributed by atoms with E-state index >= 15 is 0 Å². The van der Waals surface area contributed by atoms with E-state index < -0.39 is 5.97 Å². The molecule has 27 heavy (non-hydrogen) atoms. The summed E-state index contributed by atoms with van der Waals surface area (Å²) in [6, 6.07) is 12.6. The molecule has 3 rings (SSSR count). The van der Waals surface area contributed by atoms with Crippen LogP contribution in [0.3, 0.4) is 0 Å².